The number of fused-ring (bicyclic) bond motifs is 1. The molecule has 1 aromatic heterocycles. The molecule has 16 heavy (non-hydrogen) atoms. The molecule has 0 saturated carbocycles. The van der Waals surface area contributed by atoms with E-state index in [4.69, 9.17) is 12.2 Å². The Hall–Kier alpha value is -1.53. The van der Waals surface area contributed by atoms with Crippen LogP contribution < -0.4 is 10.6 Å². The van der Waals surface area contributed by atoms with Crippen LogP contribution in [0.25, 0.3) is 10.2 Å². The van der Waals surface area contributed by atoms with Crippen molar-refractivity contribution in [2.45, 2.75) is 6.92 Å². The van der Waals surface area contributed by atoms with Gasteiger partial charge in [-0.3, -0.25) is 4.79 Å². The molecule has 2 aromatic rings. The Morgan fingerprint density at radius 1 is 1.44 bits per heavy atom. The fourth-order valence-electron chi connectivity index (χ4n) is 1.21. The molecule has 4 nitrogen and oxygen atoms in total. The van der Waals surface area contributed by atoms with Gasteiger partial charge >= 0.3 is 0 Å². The second-order valence-electron chi connectivity index (χ2n) is 3.12. The van der Waals surface area contributed by atoms with Gasteiger partial charge in [0.1, 0.15) is 0 Å². The Kier molecular flexibility index (Phi) is 3.12. The van der Waals surface area contributed by atoms with Crippen molar-refractivity contribution in [1.82, 2.24) is 10.3 Å². The van der Waals surface area contributed by atoms with E-state index in [-0.39, 0.29) is 11.0 Å². The molecule has 0 aliphatic rings. The summed E-state index contributed by atoms with van der Waals surface area (Å²) in [6.07, 6.45) is 0. The van der Waals surface area contributed by atoms with Gasteiger partial charge in [-0.25, -0.2) is 4.98 Å². The number of nitrogens with zero attached hydrogens (tertiary/aromatic N) is 1. The van der Waals surface area contributed by atoms with Crippen molar-refractivity contribution in [2.75, 3.05) is 5.32 Å². The number of rotatable bonds is 1. The van der Waals surface area contributed by atoms with Crippen molar-refractivity contribution in [3.8, 4) is 0 Å². The molecular formula is C10H9N3OS2. The minimum absolute atomic E-state index is 0.196. The summed E-state index contributed by atoms with van der Waals surface area (Å²) in [5.41, 5.74) is 0.917. The number of para-hydroxylation sites is 1. The van der Waals surface area contributed by atoms with Crippen LogP contribution in [0.1, 0.15) is 6.92 Å². The third kappa shape index (κ3) is 2.53. The maximum atomic E-state index is 10.8. The molecule has 1 aromatic carbocycles. The summed E-state index contributed by atoms with van der Waals surface area (Å²) in [4.78, 5) is 15.1. The van der Waals surface area contributed by atoms with E-state index in [0.29, 0.717) is 5.13 Å². The Balaban J connectivity index is 2.15. The zero-order chi connectivity index (χ0) is 11.5. The molecule has 2 N–H and O–H groups in total. The summed E-state index contributed by atoms with van der Waals surface area (Å²) in [6, 6.07) is 7.80. The number of carbonyl (C=O) groups excluding carboxylic acids is 1. The fraction of sp³-hybridized carbons (Fsp3) is 0.100. The third-order valence-corrected chi connectivity index (χ3v) is 2.96. The van der Waals surface area contributed by atoms with E-state index in [0.717, 1.165) is 10.2 Å². The first-order chi connectivity index (χ1) is 7.65. The van der Waals surface area contributed by atoms with Crippen LogP contribution in [0.15, 0.2) is 24.3 Å². The number of thiazole rings is 1. The van der Waals surface area contributed by atoms with Gasteiger partial charge in [0.25, 0.3) is 0 Å². The zero-order valence-electron chi connectivity index (χ0n) is 8.48. The molecule has 0 aliphatic heterocycles. The van der Waals surface area contributed by atoms with E-state index < -0.39 is 0 Å². The zero-order valence-corrected chi connectivity index (χ0v) is 10.1. The summed E-state index contributed by atoms with van der Waals surface area (Å²) in [5.74, 6) is -0.196. The van der Waals surface area contributed by atoms with Crippen LogP contribution in [-0.4, -0.2) is 16.0 Å². The monoisotopic (exact) mass is 251 g/mol. The number of nitrogens with one attached hydrogen (secondary N) is 2. The lowest BCUT2D eigenvalue weighted by Gasteiger charge is -2.03. The van der Waals surface area contributed by atoms with E-state index in [1.54, 1.807) is 0 Å². The Morgan fingerprint density at radius 2 is 2.19 bits per heavy atom. The summed E-state index contributed by atoms with van der Waals surface area (Å²) in [5, 5.41) is 6.30. The molecule has 0 fully saturated rings. The van der Waals surface area contributed by atoms with Crippen LogP contribution in [0.4, 0.5) is 5.13 Å². The molecule has 1 heterocycles. The van der Waals surface area contributed by atoms with Crippen molar-refractivity contribution in [2.24, 2.45) is 0 Å². The number of carbonyl (C=O) groups is 1. The van der Waals surface area contributed by atoms with Gasteiger partial charge in [-0.05, 0) is 24.4 Å². The average molecular weight is 251 g/mol. The van der Waals surface area contributed by atoms with E-state index in [9.17, 15) is 4.79 Å². The topological polar surface area (TPSA) is 54.0 Å². The predicted molar refractivity (Wildman–Crippen MR) is 69.7 cm³/mol. The molecule has 0 atom stereocenters. The molecule has 6 heteroatoms. The second kappa shape index (κ2) is 4.54. The smallest absolute Gasteiger partial charge is 0.222 e. The lowest BCUT2D eigenvalue weighted by molar-refractivity contribution is -0.117. The minimum atomic E-state index is -0.196. The number of hydrogen-bond donors (Lipinski definition) is 2. The SMILES string of the molecule is CC(=O)NC(=S)Nc1nc2ccccc2s1. The van der Waals surface area contributed by atoms with Gasteiger partial charge in [0.05, 0.1) is 10.2 Å². The van der Waals surface area contributed by atoms with Gasteiger partial charge in [-0.2, -0.15) is 0 Å². The third-order valence-electron chi connectivity index (χ3n) is 1.80. The molecule has 0 spiro atoms. The number of benzene rings is 1. The highest BCUT2D eigenvalue weighted by Gasteiger charge is 2.05. The molecule has 82 valence electrons. The highest BCUT2D eigenvalue weighted by molar-refractivity contribution is 7.80. The van der Waals surface area contributed by atoms with E-state index in [2.05, 4.69) is 15.6 Å². The maximum Gasteiger partial charge on any atom is 0.222 e. The lowest BCUT2D eigenvalue weighted by Crippen LogP contribution is -2.32. The minimum Gasteiger partial charge on any atom is -0.308 e. The van der Waals surface area contributed by atoms with Crippen LogP contribution in [0.3, 0.4) is 0 Å². The van der Waals surface area contributed by atoms with Gasteiger partial charge in [0.2, 0.25) is 5.91 Å². The van der Waals surface area contributed by atoms with Crippen molar-refractivity contribution in [3.63, 3.8) is 0 Å². The van der Waals surface area contributed by atoms with E-state index >= 15 is 0 Å². The van der Waals surface area contributed by atoms with Gasteiger partial charge < -0.3 is 10.6 Å². The second-order valence-corrected chi connectivity index (χ2v) is 4.56. The Labute approximate surface area is 102 Å². The normalized spacial score (nSPS) is 10.1. The first-order valence-corrected chi connectivity index (χ1v) is 5.82. The van der Waals surface area contributed by atoms with E-state index in [1.165, 1.54) is 18.3 Å². The van der Waals surface area contributed by atoms with Crippen LogP contribution in [0, 0.1) is 0 Å². The van der Waals surface area contributed by atoms with Gasteiger partial charge in [0.15, 0.2) is 10.2 Å². The molecule has 1 amide bonds. The molecule has 0 radical (unpaired) electrons. The van der Waals surface area contributed by atoms with Gasteiger partial charge in [0, 0.05) is 6.92 Å². The Bertz CT molecular complexity index is 517. The fourth-order valence-corrected chi connectivity index (χ4v) is 2.39. The van der Waals surface area contributed by atoms with Crippen LogP contribution in [0.5, 0.6) is 0 Å². The van der Waals surface area contributed by atoms with Crippen LogP contribution >= 0.6 is 23.6 Å². The molecular weight excluding hydrogens is 242 g/mol. The van der Waals surface area contributed by atoms with Crippen LogP contribution in [-0.2, 0) is 4.79 Å². The number of aromatic nitrogens is 1. The number of hydrogen-bond acceptors (Lipinski definition) is 4. The van der Waals surface area contributed by atoms with Crippen molar-refractivity contribution in [3.05, 3.63) is 24.3 Å². The average Bonchev–Trinajstić information content (AvgIpc) is 2.57. The Morgan fingerprint density at radius 3 is 2.88 bits per heavy atom. The maximum absolute atomic E-state index is 10.8. The first-order valence-electron chi connectivity index (χ1n) is 4.59. The van der Waals surface area contributed by atoms with Gasteiger partial charge in [-0.1, -0.05) is 23.5 Å². The van der Waals surface area contributed by atoms with Crippen LogP contribution in [0.2, 0.25) is 0 Å². The van der Waals surface area contributed by atoms with E-state index in [1.807, 2.05) is 24.3 Å². The summed E-state index contributed by atoms with van der Waals surface area (Å²) >= 11 is 6.43. The quantitative estimate of drug-likeness (QED) is 0.762. The first kappa shape index (κ1) is 11.0. The standard InChI is InChI=1S/C10H9N3OS2/c1-6(14)11-9(15)13-10-12-7-4-2-3-5-8(7)16-10/h2-5H,1H3,(H2,11,12,13,14,15). The lowest BCUT2D eigenvalue weighted by atomic mass is 10.3. The number of thiocarbonyl (C=S) groups is 1. The highest BCUT2D eigenvalue weighted by Crippen LogP contribution is 2.25. The van der Waals surface area contributed by atoms with Gasteiger partial charge in [-0.15, -0.1) is 0 Å². The summed E-state index contributed by atoms with van der Waals surface area (Å²) < 4.78 is 1.08. The van der Waals surface area contributed by atoms with Crippen molar-refractivity contribution in [1.29, 1.82) is 0 Å². The molecule has 0 unspecified atom stereocenters. The highest BCUT2D eigenvalue weighted by atomic mass is 32.1. The molecule has 2 rings (SSSR count). The molecule has 0 bridgehead atoms. The van der Waals surface area contributed by atoms with Crippen molar-refractivity contribution < 1.29 is 4.79 Å². The molecule has 0 aliphatic carbocycles. The number of anilines is 1. The predicted octanol–water partition coefficient (Wildman–Crippen LogP) is 2.13. The largest absolute Gasteiger partial charge is 0.308 e. The molecule has 0 saturated heterocycles. The van der Waals surface area contributed by atoms with Crippen molar-refractivity contribution >= 4 is 49.9 Å². The summed E-state index contributed by atoms with van der Waals surface area (Å²) in [7, 11) is 0. The summed E-state index contributed by atoms with van der Waals surface area (Å²) in [6.45, 7) is 1.41. The number of amides is 1.